The molecule has 0 unspecified atom stereocenters. The number of fused-ring (bicyclic) bond motifs is 4. The predicted octanol–water partition coefficient (Wildman–Crippen LogP) is 3.71. The average molecular weight is 259 g/mol. The monoisotopic (exact) mass is 259 g/mol. The Morgan fingerprint density at radius 1 is 0.900 bits per heavy atom. The molecule has 0 saturated carbocycles. The molecule has 0 bridgehead atoms. The van der Waals surface area contributed by atoms with Gasteiger partial charge in [0.2, 0.25) is 5.52 Å². The molecule has 2 heteroatoms. The zero-order valence-corrected chi connectivity index (χ0v) is 11.2. The number of benzene rings is 2. The Labute approximate surface area is 116 Å². The normalized spacial score (nSPS) is 14.4. The number of rotatable bonds is 0. The molecule has 3 heterocycles. The van der Waals surface area contributed by atoms with Crippen LogP contribution in [0.1, 0.15) is 12.0 Å². The summed E-state index contributed by atoms with van der Waals surface area (Å²) in [6.07, 6.45) is 4.77. The molecule has 0 atom stereocenters. The summed E-state index contributed by atoms with van der Waals surface area (Å²) in [5, 5.41) is 4.02. The van der Waals surface area contributed by atoms with Crippen LogP contribution in [0.4, 0.5) is 0 Å². The topological polar surface area (TPSA) is 19.7 Å². The number of para-hydroxylation sites is 2. The van der Waals surface area contributed by atoms with Crippen molar-refractivity contribution in [2.45, 2.75) is 19.4 Å². The van der Waals surface area contributed by atoms with Crippen LogP contribution >= 0.6 is 0 Å². The molecule has 2 nitrogen and oxygen atoms in total. The third kappa shape index (κ3) is 1.21. The zero-order chi connectivity index (χ0) is 13.1. The van der Waals surface area contributed by atoms with Crippen molar-refractivity contribution in [1.29, 1.82) is 0 Å². The third-order valence-corrected chi connectivity index (χ3v) is 4.55. The Hall–Kier alpha value is -2.35. The van der Waals surface area contributed by atoms with Crippen molar-refractivity contribution in [3.05, 3.63) is 54.2 Å². The number of H-pyrrole nitrogens is 1. The molecular weight excluding hydrogens is 244 g/mol. The first-order valence-electron chi connectivity index (χ1n) is 7.26. The first kappa shape index (κ1) is 10.4. The van der Waals surface area contributed by atoms with Gasteiger partial charge in [0.1, 0.15) is 6.54 Å². The first-order valence-corrected chi connectivity index (χ1v) is 7.26. The van der Waals surface area contributed by atoms with Gasteiger partial charge in [-0.05, 0) is 18.6 Å². The molecule has 5 rings (SSSR count). The predicted molar refractivity (Wildman–Crippen MR) is 81.8 cm³/mol. The van der Waals surface area contributed by atoms with Crippen LogP contribution in [-0.2, 0) is 13.0 Å². The summed E-state index contributed by atoms with van der Waals surface area (Å²) in [4.78, 5) is 3.61. The van der Waals surface area contributed by atoms with Gasteiger partial charge in [0.15, 0.2) is 6.20 Å². The lowest BCUT2D eigenvalue weighted by Crippen LogP contribution is -2.38. The highest BCUT2D eigenvalue weighted by Gasteiger charge is 2.22. The van der Waals surface area contributed by atoms with E-state index in [-0.39, 0.29) is 0 Å². The fourth-order valence-electron chi connectivity index (χ4n) is 3.68. The van der Waals surface area contributed by atoms with Crippen molar-refractivity contribution >= 4 is 32.7 Å². The van der Waals surface area contributed by atoms with E-state index >= 15 is 0 Å². The van der Waals surface area contributed by atoms with Gasteiger partial charge in [-0.1, -0.05) is 30.3 Å². The van der Waals surface area contributed by atoms with Gasteiger partial charge >= 0.3 is 0 Å². The van der Waals surface area contributed by atoms with Gasteiger partial charge in [0.25, 0.3) is 0 Å². The molecular formula is C18H15N2+. The standard InChI is InChI=1S/C18H14N2/c1-2-9-16-13(7-1)15-11-20-10-4-6-12-5-3-8-14(18(12)20)17(15)19-16/h1-3,5,7-9,11H,4,6,10H2/p+1. The molecule has 0 aliphatic carbocycles. The van der Waals surface area contributed by atoms with Crippen molar-refractivity contribution in [2.75, 3.05) is 0 Å². The lowest BCUT2D eigenvalue weighted by molar-refractivity contribution is -0.673. The highest BCUT2D eigenvalue weighted by Crippen LogP contribution is 2.31. The van der Waals surface area contributed by atoms with Gasteiger partial charge in [0.05, 0.1) is 16.3 Å². The second kappa shape index (κ2) is 3.60. The van der Waals surface area contributed by atoms with Gasteiger partial charge in [-0.15, -0.1) is 0 Å². The molecule has 20 heavy (non-hydrogen) atoms. The number of nitrogens with zero attached hydrogens (tertiary/aromatic N) is 1. The molecule has 1 N–H and O–H groups in total. The molecule has 0 saturated heterocycles. The minimum atomic E-state index is 1.13. The molecule has 0 radical (unpaired) electrons. The molecule has 0 spiro atoms. The number of nitrogens with one attached hydrogen (secondary N) is 1. The van der Waals surface area contributed by atoms with Crippen molar-refractivity contribution < 1.29 is 4.57 Å². The first-order chi connectivity index (χ1) is 9.92. The summed E-state index contributed by atoms with van der Waals surface area (Å²) in [5.74, 6) is 0. The van der Waals surface area contributed by atoms with E-state index in [4.69, 9.17) is 0 Å². The van der Waals surface area contributed by atoms with Gasteiger partial charge < -0.3 is 4.98 Å². The van der Waals surface area contributed by atoms with Crippen LogP contribution in [0, 0.1) is 0 Å². The number of hydrogen-bond acceptors (Lipinski definition) is 0. The largest absolute Gasteiger partial charge is 0.354 e. The molecule has 4 aromatic rings. The lowest BCUT2D eigenvalue weighted by Gasteiger charge is -2.12. The van der Waals surface area contributed by atoms with Crippen LogP contribution in [-0.4, -0.2) is 4.98 Å². The molecule has 1 aliphatic rings. The van der Waals surface area contributed by atoms with Gasteiger partial charge in [-0.25, -0.2) is 0 Å². The summed E-state index contributed by atoms with van der Waals surface area (Å²) in [6, 6.07) is 15.3. The van der Waals surface area contributed by atoms with Gasteiger partial charge in [-0.2, -0.15) is 4.57 Å². The van der Waals surface area contributed by atoms with Crippen LogP contribution < -0.4 is 4.57 Å². The summed E-state index contributed by atoms with van der Waals surface area (Å²) in [5.41, 5.74) is 5.40. The molecule has 0 amide bonds. The van der Waals surface area contributed by atoms with E-state index in [1.807, 2.05) is 0 Å². The van der Waals surface area contributed by atoms with Crippen molar-refractivity contribution in [3.8, 4) is 0 Å². The average Bonchev–Trinajstić information content (AvgIpc) is 2.87. The van der Waals surface area contributed by atoms with E-state index in [1.54, 1.807) is 0 Å². The summed E-state index contributed by atoms with van der Waals surface area (Å²) < 4.78 is 2.44. The smallest absolute Gasteiger partial charge is 0.217 e. The second-order valence-corrected chi connectivity index (χ2v) is 5.70. The SMILES string of the molecule is c1ccc2c(c1)[nH]c1c2c[n+]2c3c(cccc13)CCC2. The minimum Gasteiger partial charge on any atom is -0.354 e. The summed E-state index contributed by atoms with van der Waals surface area (Å²) in [7, 11) is 0. The van der Waals surface area contributed by atoms with E-state index in [0.29, 0.717) is 0 Å². The summed E-state index contributed by atoms with van der Waals surface area (Å²) >= 11 is 0. The number of pyridine rings is 1. The lowest BCUT2D eigenvalue weighted by atomic mass is 10.00. The maximum Gasteiger partial charge on any atom is 0.217 e. The van der Waals surface area contributed by atoms with Crippen LogP contribution in [0.5, 0.6) is 0 Å². The number of hydrogen-bond donors (Lipinski definition) is 1. The minimum absolute atomic E-state index is 1.13. The molecule has 2 aromatic carbocycles. The Bertz CT molecular complexity index is 979. The van der Waals surface area contributed by atoms with Crippen molar-refractivity contribution in [1.82, 2.24) is 4.98 Å². The van der Waals surface area contributed by atoms with E-state index in [9.17, 15) is 0 Å². The number of aromatic nitrogens is 2. The summed E-state index contributed by atoms with van der Waals surface area (Å²) in [6.45, 7) is 1.13. The van der Waals surface area contributed by atoms with E-state index < -0.39 is 0 Å². The van der Waals surface area contributed by atoms with Gasteiger partial charge in [-0.3, -0.25) is 0 Å². The molecule has 1 aliphatic heterocycles. The Balaban J connectivity index is 2.10. The van der Waals surface area contributed by atoms with Crippen molar-refractivity contribution in [2.24, 2.45) is 0 Å². The molecule has 96 valence electrons. The van der Waals surface area contributed by atoms with E-state index in [0.717, 1.165) is 6.54 Å². The highest BCUT2D eigenvalue weighted by atomic mass is 15.0. The third-order valence-electron chi connectivity index (χ3n) is 4.55. The van der Waals surface area contributed by atoms with Crippen LogP contribution in [0.3, 0.4) is 0 Å². The highest BCUT2D eigenvalue weighted by molar-refractivity contribution is 6.15. The molecule has 2 aromatic heterocycles. The van der Waals surface area contributed by atoms with Crippen LogP contribution in [0.2, 0.25) is 0 Å². The zero-order valence-electron chi connectivity index (χ0n) is 11.2. The quantitative estimate of drug-likeness (QED) is 0.464. The number of aromatic amines is 1. The molecule has 0 fully saturated rings. The Morgan fingerprint density at radius 3 is 2.80 bits per heavy atom. The van der Waals surface area contributed by atoms with Crippen LogP contribution in [0.15, 0.2) is 48.7 Å². The Kier molecular flexibility index (Phi) is 1.88. The van der Waals surface area contributed by atoms with Gasteiger partial charge in [0, 0.05) is 22.9 Å². The van der Waals surface area contributed by atoms with Crippen LogP contribution in [0.25, 0.3) is 32.7 Å². The maximum absolute atomic E-state index is 3.61. The number of aryl methyl sites for hydroxylation is 2. The van der Waals surface area contributed by atoms with Crippen molar-refractivity contribution in [3.63, 3.8) is 0 Å². The second-order valence-electron chi connectivity index (χ2n) is 5.70. The van der Waals surface area contributed by atoms with E-state index in [2.05, 4.69) is 58.2 Å². The maximum atomic E-state index is 3.61. The fraction of sp³-hybridized carbons (Fsp3) is 0.167. The van der Waals surface area contributed by atoms with E-state index in [1.165, 1.54) is 51.1 Å². The Morgan fingerprint density at radius 2 is 1.80 bits per heavy atom. The fourth-order valence-corrected chi connectivity index (χ4v) is 3.68.